The summed E-state index contributed by atoms with van der Waals surface area (Å²) in [6.07, 6.45) is 0.145. The summed E-state index contributed by atoms with van der Waals surface area (Å²) in [6, 6.07) is 25.8. The SMILES string of the molecule is CC(=O)Nc1ccc(C2OC(CSc3ccccc3)CC(c3ccc(CO)cc3)O2)cc1. The summed E-state index contributed by atoms with van der Waals surface area (Å²) in [7, 11) is 0. The number of carbonyl (C=O) groups is 1. The number of amides is 1. The molecule has 6 heteroatoms. The molecule has 1 heterocycles. The van der Waals surface area contributed by atoms with Crippen molar-refractivity contribution in [1.82, 2.24) is 0 Å². The number of carbonyl (C=O) groups excluding carboxylic acids is 1. The van der Waals surface area contributed by atoms with Crippen LogP contribution < -0.4 is 5.32 Å². The van der Waals surface area contributed by atoms with Crippen LogP contribution in [0.3, 0.4) is 0 Å². The molecule has 0 bridgehead atoms. The molecular weight excluding hydrogens is 422 g/mol. The summed E-state index contributed by atoms with van der Waals surface area (Å²) >= 11 is 1.78. The molecule has 166 valence electrons. The topological polar surface area (TPSA) is 67.8 Å². The first-order valence-electron chi connectivity index (χ1n) is 10.7. The first-order valence-corrected chi connectivity index (χ1v) is 11.7. The molecule has 3 aromatic rings. The van der Waals surface area contributed by atoms with Gasteiger partial charge < -0.3 is 19.9 Å². The van der Waals surface area contributed by atoms with Gasteiger partial charge >= 0.3 is 0 Å². The van der Waals surface area contributed by atoms with E-state index in [1.54, 1.807) is 11.8 Å². The average molecular weight is 450 g/mol. The number of benzene rings is 3. The van der Waals surface area contributed by atoms with E-state index in [-0.39, 0.29) is 24.7 Å². The Morgan fingerprint density at radius 1 is 0.969 bits per heavy atom. The normalized spacial score (nSPS) is 20.6. The quantitative estimate of drug-likeness (QED) is 0.468. The highest BCUT2D eigenvalue weighted by Crippen LogP contribution is 2.39. The third-order valence-corrected chi connectivity index (χ3v) is 6.44. The van der Waals surface area contributed by atoms with E-state index in [1.165, 1.54) is 11.8 Å². The number of ether oxygens (including phenoxy) is 2. The summed E-state index contributed by atoms with van der Waals surface area (Å²) in [5.74, 6) is 0.714. The number of hydrogen-bond acceptors (Lipinski definition) is 5. The van der Waals surface area contributed by atoms with E-state index in [0.29, 0.717) is 0 Å². The molecule has 1 fully saturated rings. The Kier molecular flexibility index (Phi) is 7.60. The Labute approximate surface area is 192 Å². The van der Waals surface area contributed by atoms with E-state index >= 15 is 0 Å². The zero-order valence-corrected chi connectivity index (χ0v) is 18.8. The minimum atomic E-state index is -0.501. The van der Waals surface area contributed by atoms with Crippen LogP contribution in [0.4, 0.5) is 5.69 Å². The molecule has 3 unspecified atom stereocenters. The van der Waals surface area contributed by atoms with Crippen LogP contribution in [0.5, 0.6) is 0 Å². The summed E-state index contributed by atoms with van der Waals surface area (Å²) in [5, 5.41) is 12.1. The van der Waals surface area contributed by atoms with Gasteiger partial charge in [-0.1, -0.05) is 54.6 Å². The van der Waals surface area contributed by atoms with Gasteiger partial charge in [0.25, 0.3) is 0 Å². The number of hydrogen-bond donors (Lipinski definition) is 2. The van der Waals surface area contributed by atoms with Crippen LogP contribution in [-0.4, -0.2) is 22.9 Å². The maximum absolute atomic E-state index is 11.3. The van der Waals surface area contributed by atoms with Gasteiger partial charge in [0.15, 0.2) is 6.29 Å². The first kappa shape index (κ1) is 22.6. The van der Waals surface area contributed by atoms with Crippen molar-refractivity contribution in [2.45, 2.75) is 43.3 Å². The van der Waals surface area contributed by atoms with Crippen molar-refractivity contribution in [1.29, 1.82) is 0 Å². The van der Waals surface area contributed by atoms with Gasteiger partial charge in [-0.3, -0.25) is 4.79 Å². The Balaban J connectivity index is 1.52. The highest BCUT2D eigenvalue weighted by Gasteiger charge is 2.32. The molecule has 2 N–H and O–H groups in total. The number of aliphatic hydroxyl groups excluding tert-OH is 1. The second-order valence-electron chi connectivity index (χ2n) is 7.78. The van der Waals surface area contributed by atoms with Crippen molar-refractivity contribution in [2.24, 2.45) is 0 Å². The fourth-order valence-electron chi connectivity index (χ4n) is 3.66. The van der Waals surface area contributed by atoms with Gasteiger partial charge in [0.2, 0.25) is 5.91 Å². The molecule has 1 aliphatic rings. The Morgan fingerprint density at radius 3 is 2.31 bits per heavy atom. The second kappa shape index (κ2) is 10.8. The lowest BCUT2D eigenvalue weighted by Gasteiger charge is -2.36. The minimum Gasteiger partial charge on any atom is -0.392 e. The maximum atomic E-state index is 11.3. The Bertz CT molecular complexity index is 1010. The van der Waals surface area contributed by atoms with Gasteiger partial charge in [-0.15, -0.1) is 11.8 Å². The minimum absolute atomic E-state index is 0.0106. The van der Waals surface area contributed by atoms with Crippen LogP contribution in [0, 0.1) is 0 Å². The Morgan fingerprint density at radius 2 is 1.66 bits per heavy atom. The largest absolute Gasteiger partial charge is 0.392 e. The number of aliphatic hydroxyl groups is 1. The van der Waals surface area contributed by atoms with Crippen LogP contribution in [-0.2, 0) is 20.9 Å². The smallest absolute Gasteiger partial charge is 0.221 e. The second-order valence-corrected chi connectivity index (χ2v) is 8.87. The van der Waals surface area contributed by atoms with Crippen LogP contribution in [0.15, 0.2) is 83.8 Å². The molecule has 5 nitrogen and oxygen atoms in total. The standard InChI is InChI=1S/C26H27NO4S/c1-18(29)27-22-13-11-21(12-14-22)26-30-23(17-32-24-5-3-2-4-6-24)15-25(31-26)20-9-7-19(16-28)8-10-20/h2-14,23,25-26,28H,15-17H2,1H3,(H,27,29). The molecule has 0 spiro atoms. The molecule has 32 heavy (non-hydrogen) atoms. The number of anilines is 1. The van der Waals surface area contributed by atoms with Gasteiger partial charge in [0.05, 0.1) is 18.8 Å². The Hall–Kier alpha value is -2.64. The van der Waals surface area contributed by atoms with E-state index in [4.69, 9.17) is 9.47 Å². The first-order chi connectivity index (χ1) is 15.6. The van der Waals surface area contributed by atoms with Crippen molar-refractivity contribution >= 4 is 23.4 Å². The molecule has 3 aromatic carbocycles. The summed E-state index contributed by atoms with van der Waals surface area (Å²) < 4.78 is 12.7. The molecule has 3 atom stereocenters. The van der Waals surface area contributed by atoms with E-state index < -0.39 is 6.29 Å². The van der Waals surface area contributed by atoms with Crippen LogP contribution >= 0.6 is 11.8 Å². The van der Waals surface area contributed by atoms with Crippen molar-refractivity contribution in [3.63, 3.8) is 0 Å². The van der Waals surface area contributed by atoms with Crippen LogP contribution in [0.25, 0.3) is 0 Å². The molecule has 0 aliphatic carbocycles. The lowest BCUT2D eigenvalue weighted by molar-refractivity contribution is -0.245. The molecule has 1 saturated heterocycles. The van der Waals surface area contributed by atoms with Crippen LogP contribution in [0.1, 0.15) is 42.4 Å². The fraction of sp³-hybridized carbons (Fsp3) is 0.269. The highest BCUT2D eigenvalue weighted by atomic mass is 32.2. The van der Waals surface area contributed by atoms with Gasteiger partial charge in [-0.05, 0) is 35.4 Å². The van der Waals surface area contributed by atoms with Gasteiger partial charge in [0.1, 0.15) is 0 Å². The lowest BCUT2D eigenvalue weighted by atomic mass is 10.0. The van der Waals surface area contributed by atoms with Crippen LogP contribution in [0.2, 0.25) is 0 Å². The molecule has 4 rings (SSSR count). The number of thioether (sulfide) groups is 1. The van der Waals surface area contributed by atoms with E-state index in [9.17, 15) is 9.90 Å². The van der Waals surface area contributed by atoms with Crippen molar-refractivity contribution in [3.05, 3.63) is 95.6 Å². The van der Waals surface area contributed by atoms with Crippen molar-refractivity contribution in [3.8, 4) is 0 Å². The third-order valence-electron chi connectivity index (χ3n) is 5.30. The monoisotopic (exact) mass is 449 g/mol. The maximum Gasteiger partial charge on any atom is 0.221 e. The third kappa shape index (κ3) is 5.99. The number of rotatable bonds is 7. The van der Waals surface area contributed by atoms with Crippen molar-refractivity contribution in [2.75, 3.05) is 11.1 Å². The van der Waals surface area contributed by atoms with E-state index in [0.717, 1.165) is 34.6 Å². The summed E-state index contributed by atoms with van der Waals surface area (Å²) in [4.78, 5) is 12.5. The zero-order chi connectivity index (χ0) is 22.3. The predicted molar refractivity (Wildman–Crippen MR) is 126 cm³/mol. The molecule has 0 saturated carbocycles. The molecule has 0 aromatic heterocycles. The lowest BCUT2D eigenvalue weighted by Crippen LogP contribution is -2.31. The van der Waals surface area contributed by atoms with Crippen molar-refractivity contribution < 1.29 is 19.4 Å². The molecular formula is C26H27NO4S. The fourth-order valence-corrected chi connectivity index (χ4v) is 4.60. The van der Waals surface area contributed by atoms with Gasteiger partial charge in [-0.2, -0.15) is 0 Å². The number of nitrogens with one attached hydrogen (secondary N) is 1. The van der Waals surface area contributed by atoms with Gasteiger partial charge in [-0.25, -0.2) is 0 Å². The molecule has 0 radical (unpaired) electrons. The van der Waals surface area contributed by atoms with Gasteiger partial charge in [0, 0.05) is 35.2 Å². The highest BCUT2D eigenvalue weighted by molar-refractivity contribution is 7.99. The predicted octanol–water partition coefficient (Wildman–Crippen LogP) is 5.48. The zero-order valence-electron chi connectivity index (χ0n) is 17.9. The average Bonchev–Trinajstić information content (AvgIpc) is 2.83. The molecule has 1 aliphatic heterocycles. The van der Waals surface area contributed by atoms with E-state index in [2.05, 4.69) is 17.4 Å². The summed E-state index contributed by atoms with van der Waals surface area (Å²) in [6.45, 7) is 1.51. The van der Waals surface area contributed by atoms with E-state index in [1.807, 2.05) is 66.7 Å². The molecule has 1 amide bonds. The summed E-state index contributed by atoms with van der Waals surface area (Å²) in [5.41, 5.74) is 3.59.